The van der Waals surface area contributed by atoms with Gasteiger partial charge in [0, 0.05) is 30.6 Å². The van der Waals surface area contributed by atoms with Crippen molar-refractivity contribution in [1.29, 1.82) is 0 Å². The van der Waals surface area contributed by atoms with E-state index in [4.69, 9.17) is 5.11 Å². The van der Waals surface area contributed by atoms with E-state index in [1.807, 2.05) is 25.8 Å². The Hall–Kier alpha value is -0.920. The van der Waals surface area contributed by atoms with Gasteiger partial charge in [0.05, 0.1) is 23.6 Å². The molecule has 1 heterocycles. The highest BCUT2D eigenvalue weighted by atomic mass is 32.2. The summed E-state index contributed by atoms with van der Waals surface area (Å²) in [5.41, 5.74) is 3.03. The van der Waals surface area contributed by atoms with Gasteiger partial charge in [-0.25, -0.2) is 8.42 Å². The van der Waals surface area contributed by atoms with Crippen molar-refractivity contribution >= 4 is 9.84 Å². The van der Waals surface area contributed by atoms with Crippen LogP contribution in [0.1, 0.15) is 30.8 Å². The van der Waals surface area contributed by atoms with E-state index in [0.29, 0.717) is 19.6 Å². The van der Waals surface area contributed by atoms with E-state index in [2.05, 4.69) is 5.10 Å². The molecule has 0 fully saturated rings. The van der Waals surface area contributed by atoms with Crippen LogP contribution in [0.4, 0.5) is 0 Å². The molecule has 0 unspecified atom stereocenters. The van der Waals surface area contributed by atoms with Gasteiger partial charge < -0.3 is 10.0 Å². The highest BCUT2D eigenvalue weighted by Crippen LogP contribution is 2.20. The van der Waals surface area contributed by atoms with Crippen molar-refractivity contribution < 1.29 is 13.5 Å². The highest BCUT2D eigenvalue weighted by molar-refractivity contribution is 7.92. The first-order chi connectivity index (χ1) is 9.49. The lowest BCUT2D eigenvalue weighted by Crippen LogP contribution is -2.42. The van der Waals surface area contributed by atoms with Crippen molar-refractivity contribution in [1.82, 2.24) is 14.7 Å². The maximum Gasteiger partial charge on any atom is 0.153 e. The van der Waals surface area contributed by atoms with Gasteiger partial charge in [0.1, 0.15) is 0 Å². The van der Waals surface area contributed by atoms with E-state index in [-0.39, 0.29) is 6.61 Å². The third-order valence-corrected chi connectivity index (χ3v) is 6.06. The predicted octanol–water partition coefficient (Wildman–Crippen LogP) is 0.747. The molecule has 0 saturated carbocycles. The van der Waals surface area contributed by atoms with Gasteiger partial charge in [-0.1, -0.05) is 0 Å². The summed E-state index contributed by atoms with van der Waals surface area (Å²) in [6.45, 7) is 9.02. The van der Waals surface area contributed by atoms with Gasteiger partial charge in [-0.2, -0.15) is 5.10 Å². The number of aliphatic hydroxyl groups excluding tert-OH is 1. The molecule has 122 valence electrons. The second-order valence-corrected chi connectivity index (χ2v) is 8.95. The molecule has 6 nitrogen and oxygen atoms in total. The van der Waals surface area contributed by atoms with Crippen molar-refractivity contribution in [3.63, 3.8) is 0 Å². The summed E-state index contributed by atoms with van der Waals surface area (Å²) in [6, 6.07) is 0. The number of aliphatic hydroxyl groups is 1. The van der Waals surface area contributed by atoms with E-state index < -0.39 is 14.6 Å². The van der Waals surface area contributed by atoms with Crippen molar-refractivity contribution in [2.45, 2.75) is 45.5 Å². The SMILES string of the molecule is Cc1nn(CCO)c(C)c1CN(C)CC(C)(C)S(C)(=O)=O. The number of rotatable bonds is 7. The topological polar surface area (TPSA) is 75.4 Å². The Balaban J connectivity index is 2.87. The van der Waals surface area contributed by atoms with Crippen LogP contribution >= 0.6 is 0 Å². The van der Waals surface area contributed by atoms with Gasteiger partial charge in [-0.15, -0.1) is 0 Å². The molecule has 0 saturated heterocycles. The first kappa shape index (κ1) is 18.1. The normalized spacial score (nSPS) is 13.1. The molecule has 7 heteroatoms. The molecule has 0 aliphatic carbocycles. The van der Waals surface area contributed by atoms with Gasteiger partial charge in [-0.3, -0.25) is 4.68 Å². The Kier molecular flexibility index (Phi) is 5.57. The van der Waals surface area contributed by atoms with Crippen LogP contribution in [-0.2, 0) is 22.9 Å². The lowest BCUT2D eigenvalue weighted by atomic mass is 10.1. The molecule has 0 atom stereocenters. The maximum absolute atomic E-state index is 11.8. The third kappa shape index (κ3) is 4.28. The van der Waals surface area contributed by atoms with Crippen molar-refractivity contribution in [2.24, 2.45) is 0 Å². The molecule has 0 aliphatic heterocycles. The summed E-state index contributed by atoms with van der Waals surface area (Å²) in [5.74, 6) is 0. The predicted molar refractivity (Wildman–Crippen MR) is 84.0 cm³/mol. The Labute approximate surface area is 127 Å². The zero-order valence-electron chi connectivity index (χ0n) is 13.8. The molecule has 1 aromatic rings. The lowest BCUT2D eigenvalue weighted by molar-refractivity contribution is 0.267. The van der Waals surface area contributed by atoms with Crippen LogP contribution < -0.4 is 0 Å². The van der Waals surface area contributed by atoms with E-state index in [1.54, 1.807) is 18.5 Å². The summed E-state index contributed by atoms with van der Waals surface area (Å²) >= 11 is 0. The molecule has 0 aromatic carbocycles. The molecule has 21 heavy (non-hydrogen) atoms. The third-order valence-electron chi connectivity index (χ3n) is 3.93. The minimum atomic E-state index is -3.11. The standard InChI is InChI=1S/C14H27N3O3S/c1-11-13(12(2)17(15-11)7-8-18)9-16(5)10-14(3,4)21(6,19)20/h18H,7-10H2,1-6H3. The minimum absolute atomic E-state index is 0.0539. The van der Waals surface area contributed by atoms with E-state index in [0.717, 1.165) is 17.0 Å². The Bertz CT molecular complexity index is 591. The zero-order valence-corrected chi connectivity index (χ0v) is 14.7. The molecule has 1 N–H and O–H groups in total. The van der Waals surface area contributed by atoms with Crippen LogP contribution in [0, 0.1) is 13.8 Å². The molecule has 0 amide bonds. The van der Waals surface area contributed by atoms with Gasteiger partial charge in [0.2, 0.25) is 0 Å². The molecule has 0 bridgehead atoms. The first-order valence-corrected chi connectivity index (χ1v) is 8.90. The number of sulfone groups is 1. The van der Waals surface area contributed by atoms with Crippen LogP contribution in [0.3, 0.4) is 0 Å². The van der Waals surface area contributed by atoms with Crippen LogP contribution in [0.25, 0.3) is 0 Å². The quantitative estimate of drug-likeness (QED) is 0.803. The van der Waals surface area contributed by atoms with Crippen LogP contribution in [-0.4, -0.2) is 59.4 Å². The van der Waals surface area contributed by atoms with Crippen LogP contribution in [0.15, 0.2) is 0 Å². The van der Waals surface area contributed by atoms with Crippen LogP contribution in [0.2, 0.25) is 0 Å². The Morgan fingerprint density at radius 1 is 1.33 bits per heavy atom. The second kappa shape index (κ2) is 6.46. The average molecular weight is 317 g/mol. The summed E-state index contributed by atoms with van der Waals surface area (Å²) in [6.07, 6.45) is 1.27. The summed E-state index contributed by atoms with van der Waals surface area (Å²) < 4.78 is 24.6. The number of hydrogen-bond acceptors (Lipinski definition) is 5. The zero-order chi connectivity index (χ0) is 16.4. The number of hydrogen-bond donors (Lipinski definition) is 1. The van der Waals surface area contributed by atoms with Gasteiger partial charge in [-0.05, 0) is 34.7 Å². The molecular weight excluding hydrogens is 290 g/mol. The molecular formula is C14H27N3O3S. The molecule has 0 radical (unpaired) electrons. The Morgan fingerprint density at radius 3 is 2.38 bits per heavy atom. The largest absolute Gasteiger partial charge is 0.394 e. The van der Waals surface area contributed by atoms with Crippen molar-refractivity contribution in [3.8, 4) is 0 Å². The summed E-state index contributed by atoms with van der Waals surface area (Å²) in [7, 11) is -1.20. The average Bonchev–Trinajstić information content (AvgIpc) is 2.55. The van der Waals surface area contributed by atoms with Crippen molar-refractivity contribution in [3.05, 3.63) is 17.0 Å². The molecule has 1 aromatic heterocycles. The van der Waals surface area contributed by atoms with Gasteiger partial charge in [0.25, 0.3) is 0 Å². The maximum atomic E-state index is 11.8. The number of aromatic nitrogens is 2. The van der Waals surface area contributed by atoms with E-state index in [1.165, 1.54) is 6.26 Å². The lowest BCUT2D eigenvalue weighted by Gasteiger charge is -2.28. The van der Waals surface area contributed by atoms with Crippen LogP contribution in [0.5, 0.6) is 0 Å². The molecule has 0 aliphatic rings. The first-order valence-electron chi connectivity index (χ1n) is 7.01. The number of aryl methyl sites for hydroxylation is 1. The van der Waals surface area contributed by atoms with Crippen molar-refractivity contribution in [2.75, 3.05) is 26.5 Å². The van der Waals surface area contributed by atoms with Gasteiger partial charge >= 0.3 is 0 Å². The fraction of sp³-hybridized carbons (Fsp3) is 0.786. The Morgan fingerprint density at radius 2 is 1.90 bits per heavy atom. The highest BCUT2D eigenvalue weighted by Gasteiger charge is 2.31. The minimum Gasteiger partial charge on any atom is -0.394 e. The fourth-order valence-corrected chi connectivity index (χ4v) is 2.82. The summed E-state index contributed by atoms with van der Waals surface area (Å²) in [4.78, 5) is 2.00. The second-order valence-electron chi connectivity index (χ2n) is 6.30. The van der Waals surface area contributed by atoms with E-state index >= 15 is 0 Å². The van der Waals surface area contributed by atoms with Gasteiger partial charge in [0.15, 0.2) is 9.84 Å². The summed E-state index contributed by atoms with van der Waals surface area (Å²) in [5, 5.41) is 13.4. The number of nitrogens with zero attached hydrogens (tertiary/aromatic N) is 3. The fourth-order valence-electron chi connectivity index (χ4n) is 2.37. The smallest absolute Gasteiger partial charge is 0.153 e. The molecule has 1 rings (SSSR count). The van der Waals surface area contributed by atoms with E-state index in [9.17, 15) is 8.42 Å². The molecule has 0 spiro atoms. The monoisotopic (exact) mass is 317 g/mol.